The average molecular weight is 223 g/mol. The first-order valence-electron chi connectivity index (χ1n) is 5.34. The number of anilines is 1. The number of rotatable bonds is 3. The predicted molar refractivity (Wildman–Crippen MR) is 58.9 cm³/mol. The molecule has 2 rings (SSSR count). The Morgan fingerprint density at radius 3 is 2.81 bits per heavy atom. The lowest BCUT2D eigenvalue weighted by Crippen LogP contribution is -2.43. The van der Waals surface area contributed by atoms with E-state index in [2.05, 4.69) is 5.32 Å². The fraction of sp³-hybridized carbons (Fsp3) is 0.417. The summed E-state index contributed by atoms with van der Waals surface area (Å²) >= 11 is 0. The van der Waals surface area contributed by atoms with Gasteiger partial charge in [0.2, 0.25) is 0 Å². The van der Waals surface area contributed by atoms with Crippen molar-refractivity contribution in [2.45, 2.75) is 25.8 Å². The molecule has 4 heteroatoms. The van der Waals surface area contributed by atoms with E-state index < -0.39 is 5.97 Å². The Labute approximate surface area is 93.3 Å². The van der Waals surface area contributed by atoms with Gasteiger partial charge in [-0.25, -0.2) is 4.39 Å². The third kappa shape index (κ3) is 1.87. The molecule has 1 aromatic carbocycles. The Morgan fingerprint density at radius 1 is 1.50 bits per heavy atom. The average Bonchev–Trinajstić information content (AvgIpc) is 2.17. The molecular weight excluding hydrogens is 209 g/mol. The third-order valence-electron chi connectivity index (χ3n) is 3.20. The summed E-state index contributed by atoms with van der Waals surface area (Å²) in [4.78, 5) is 10.8. The predicted octanol–water partition coefficient (Wildman–Crippen LogP) is 2.41. The van der Waals surface area contributed by atoms with E-state index in [1.54, 1.807) is 19.1 Å². The van der Waals surface area contributed by atoms with E-state index in [-0.39, 0.29) is 17.8 Å². The maximum Gasteiger partial charge on any atom is 0.308 e. The molecule has 0 heterocycles. The zero-order valence-corrected chi connectivity index (χ0v) is 9.03. The van der Waals surface area contributed by atoms with Crippen molar-refractivity contribution in [3.8, 4) is 0 Å². The van der Waals surface area contributed by atoms with Crippen LogP contribution in [0.1, 0.15) is 18.4 Å². The molecule has 0 radical (unpaired) electrons. The van der Waals surface area contributed by atoms with Crippen molar-refractivity contribution in [2.24, 2.45) is 5.92 Å². The van der Waals surface area contributed by atoms with Crippen molar-refractivity contribution in [3.05, 3.63) is 29.6 Å². The van der Waals surface area contributed by atoms with Crippen LogP contribution < -0.4 is 5.32 Å². The van der Waals surface area contributed by atoms with E-state index in [9.17, 15) is 9.18 Å². The van der Waals surface area contributed by atoms with Crippen LogP contribution >= 0.6 is 0 Å². The Balaban J connectivity index is 2.10. The zero-order valence-electron chi connectivity index (χ0n) is 9.03. The largest absolute Gasteiger partial charge is 0.481 e. The molecule has 86 valence electrons. The van der Waals surface area contributed by atoms with E-state index >= 15 is 0 Å². The van der Waals surface area contributed by atoms with Crippen LogP contribution in [0, 0.1) is 18.7 Å². The fourth-order valence-corrected chi connectivity index (χ4v) is 1.93. The van der Waals surface area contributed by atoms with Gasteiger partial charge in [0, 0.05) is 17.3 Å². The van der Waals surface area contributed by atoms with Crippen LogP contribution in [0.25, 0.3) is 0 Å². The third-order valence-corrected chi connectivity index (χ3v) is 3.20. The molecule has 0 aromatic heterocycles. The Morgan fingerprint density at radius 2 is 2.25 bits per heavy atom. The molecule has 0 bridgehead atoms. The highest BCUT2D eigenvalue weighted by atomic mass is 19.1. The lowest BCUT2D eigenvalue weighted by Gasteiger charge is -2.35. The molecule has 2 unspecified atom stereocenters. The topological polar surface area (TPSA) is 49.3 Å². The van der Waals surface area contributed by atoms with Gasteiger partial charge in [-0.15, -0.1) is 0 Å². The number of carboxylic acid groups (broad SMARTS) is 1. The Hall–Kier alpha value is -1.58. The molecular formula is C12H14FNO2. The van der Waals surface area contributed by atoms with Crippen LogP contribution in [0.3, 0.4) is 0 Å². The number of aliphatic carboxylic acids is 1. The summed E-state index contributed by atoms with van der Waals surface area (Å²) in [5.41, 5.74) is 1.23. The van der Waals surface area contributed by atoms with Crippen molar-refractivity contribution >= 4 is 11.7 Å². The van der Waals surface area contributed by atoms with Gasteiger partial charge in [-0.3, -0.25) is 4.79 Å². The maximum atomic E-state index is 13.3. The molecule has 2 atom stereocenters. The number of carboxylic acids is 1. The summed E-state index contributed by atoms with van der Waals surface area (Å²) in [6, 6.07) is 4.73. The first-order chi connectivity index (χ1) is 7.59. The SMILES string of the molecule is Cc1c(F)cccc1NC1CCC1C(=O)O. The standard InChI is InChI=1S/C12H14FNO2/c1-7-9(13)3-2-4-10(7)14-11-6-5-8(11)12(15)16/h2-4,8,11,14H,5-6H2,1H3,(H,15,16). The summed E-state index contributed by atoms with van der Waals surface area (Å²) in [6.07, 6.45) is 1.52. The molecule has 0 amide bonds. The lowest BCUT2D eigenvalue weighted by molar-refractivity contribution is -0.144. The first kappa shape index (κ1) is 10.9. The minimum Gasteiger partial charge on any atom is -0.481 e. The summed E-state index contributed by atoms with van der Waals surface area (Å²) < 4.78 is 13.3. The minimum absolute atomic E-state index is 0.0713. The van der Waals surface area contributed by atoms with Gasteiger partial charge in [-0.05, 0) is 31.9 Å². The number of halogens is 1. The van der Waals surface area contributed by atoms with Crippen molar-refractivity contribution in [1.82, 2.24) is 0 Å². The minimum atomic E-state index is -0.780. The van der Waals surface area contributed by atoms with Gasteiger partial charge in [0.05, 0.1) is 5.92 Å². The van der Waals surface area contributed by atoms with Crippen molar-refractivity contribution in [1.29, 1.82) is 0 Å². The van der Waals surface area contributed by atoms with Crippen LogP contribution in [0.4, 0.5) is 10.1 Å². The molecule has 2 N–H and O–H groups in total. The summed E-state index contributed by atoms with van der Waals surface area (Å²) in [5, 5.41) is 12.0. The van der Waals surface area contributed by atoms with Gasteiger partial charge in [0.25, 0.3) is 0 Å². The molecule has 1 fully saturated rings. The van der Waals surface area contributed by atoms with Gasteiger partial charge >= 0.3 is 5.97 Å². The highest BCUT2D eigenvalue weighted by Gasteiger charge is 2.36. The molecule has 3 nitrogen and oxygen atoms in total. The summed E-state index contributed by atoms with van der Waals surface area (Å²) in [7, 11) is 0. The van der Waals surface area contributed by atoms with Crippen molar-refractivity contribution < 1.29 is 14.3 Å². The second-order valence-electron chi connectivity index (χ2n) is 4.19. The molecule has 16 heavy (non-hydrogen) atoms. The second-order valence-corrected chi connectivity index (χ2v) is 4.19. The van der Waals surface area contributed by atoms with E-state index in [0.717, 1.165) is 6.42 Å². The van der Waals surface area contributed by atoms with E-state index in [0.29, 0.717) is 17.7 Å². The summed E-state index contributed by atoms with van der Waals surface area (Å²) in [5.74, 6) is -1.39. The number of hydrogen-bond donors (Lipinski definition) is 2. The monoisotopic (exact) mass is 223 g/mol. The van der Waals surface area contributed by atoms with Crippen LogP contribution in [0.5, 0.6) is 0 Å². The molecule has 1 aromatic rings. The van der Waals surface area contributed by atoms with Crippen LogP contribution in [-0.4, -0.2) is 17.1 Å². The molecule has 0 aliphatic heterocycles. The van der Waals surface area contributed by atoms with E-state index in [4.69, 9.17) is 5.11 Å². The second kappa shape index (κ2) is 4.12. The van der Waals surface area contributed by atoms with Gasteiger partial charge < -0.3 is 10.4 Å². The molecule has 0 saturated heterocycles. The highest BCUT2D eigenvalue weighted by Crippen LogP contribution is 2.31. The maximum absolute atomic E-state index is 13.3. The van der Waals surface area contributed by atoms with Gasteiger partial charge in [-0.1, -0.05) is 6.07 Å². The number of carbonyl (C=O) groups is 1. The number of benzene rings is 1. The quantitative estimate of drug-likeness (QED) is 0.827. The van der Waals surface area contributed by atoms with Crippen molar-refractivity contribution in [3.63, 3.8) is 0 Å². The smallest absolute Gasteiger partial charge is 0.308 e. The zero-order chi connectivity index (χ0) is 11.7. The fourth-order valence-electron chi connectivity index (χ4n) is 1.93. The first-order valence-corrected chi connectivity index (χ1v) is 5.34. The van der Waals surface area contributed by atoms with Crippen molar-refractivity contribution in [2.75, 3.05) is 5.32 Å². The van der Waals surface area contributed by atoms with Gasteiger partial charge in [-0.2, -0.15) is 0 Å². The number of hydrogen-bond acceptors (Lipinski definition) is 2. The highest BCUT2D eigenvalue weighted by molar-refractivity contribution is 5.73. The summed E-state index contributed by atoms with van der Waals surface area (Å²) in [6.45, 7) is 1.69. The molecule has 1 aliphatic carbocycles. The lowest BCUT2D eigenvalue weighted by atomic mass is 9.79. The number of nitrogens with one attached hydrogen (secondary N) is 1. The van der Waals surface area contributed by atoms with Crippen LogP contribution in [0.2, 0.25) is 0 Å². The van der Waals surface area contributed by atoms with Gasteiger partial charge in [0.1, 0.15) is 5.82 Å². The molecule has 1 saturated carbocycles. The normalized spacial score (nSPS) is 23.6. The van der Waals surface area contributed by atoms with Gasteiger partial charge in [0.15, 0.2) is 0 Å². The Bertz CT molecular complexity index is 419. The Kier molecular flexibility index (Phi) is 2.81. The molecule has 0 spiro atoms. The van der Waals surface area contributed by atoms with E-state index in [1.807, 2.05) is 0 Å². The van der Waals surface area contributed by atoms with E-state index in [1.165, 1.54) is 6.07 Å². The van der Waals surface area contributed by atoms with Crippen LogP contribution in [0.15, 0.2) is 18.2 Å². The molecule has 1 aliphatic rings. The van der Waals surface area contributed by atoms with Crippen LogP contribution in [-0.2, 0) is 4.79 Å².